The number of nitrogens with two attached hydrogens (primary N) is 1. The molecule has 0 unspecified atom stereocenters. The Hall–Kier alpha value is -2.64. The highest BCUT2D eigenvalue weighted by Gasteiger charge is 2.28. The monoisotopic (exact) mass is 316 g/mol. The van der Waals surface area contributed by atoms with Crippen LogP contribution in [0.4, 0.5) is 0 Å². The fraction of sp³-hybridized carbons (Fsp3) is 0.467. The van der Waals surface area contributed by atoms with Crippen molar-refractivity contribution >= 4 is 11.8 Å². The number of hydrogen-bond acceptors (Lipinski definition) is 4. The van der Waals surface area contributed by atoms with Crippen molar-refractivity contribution in [3.63, 3.8) is 0 Å². The maximum Gasteiger partial charge on any atom is 0.269 e. The van der Waals surface area contributed by atoms with Gasteiger partial charge in [-0.15, -0.1) is 0 Å². The number of likely N-dealkylation sites (tertiary alicyclic amines) is 1. The van der Waals surface area contributed by atoms with Crippen LogP contribution in [0.25, 0.3) is 0 Å². The molecule has 0 saturated carbocycles. The molecule has 0 aromatic carbocycles. The Labute approximate surface area is 133 Å². The predicted molar refractivity (Wildman–Crippen MR) is 82.9 cm³/mol. The summed E-state index contributed by atoms with van der Waals surface area (Å²) in [6.07, 6.45) is 3.60. The lowest BCUT2D eigenvalue weighted by Crippen LogP contribution is -2.39. The van der Waals surface area contributed by atoms with Gasteiger partial charge in [-0.05, 0) is 25.8 Å². The number of primary amides is 1. The molecule has 3 heterocycles. The van der Waals surface area contributed by atoms with Crippen LogP contribution >= 0.6 is 0 Å². The number of nitrogens with one attached hydrogen (secondary N) is 1. The number of carbonyl (C=O) groups excluding carboxylic acids is 2. The predicted octanol–water partition coefficient (Wildman–Crippen LogP) is 0.570. The molecule has 2 aromatic rings. The molecule has 8 heteroatoms. The first-order valence-corrected chi connectivity index (χ1v) is 7.60. The van der Waals surface area contributed by atoms with E-state index < -0.39 is 5.91 Å². The first kappa shape index (κ1) is 15.3. The van der Waals surface area contributed by atoms with Gasteiger partial charge in [0.05, 0.1) is 11.3 Å². The second-order valence-corrected chi connectivity index (χ2v) is 5.96. The van der Waals surface area contributed by atoms with Crippen molar-refractivity contribution in [2.75, 3.05) is 13.1 Å². The summed E-state index contributed by atoms with van der Waals surface area (Å²) in [5, 5.41) is 11.0. The lowest BCUT2D eigenvalue weighted by atomic mass is 9.94. The normalized spacial score (nSPS) is 18.2. The number of piperidine rings is 1. The zero-order valence-corrected chi connectivity index (χ0v) is 13.2. The van der Waals surface area contributed by atoms with Crippen molar-refractivity contribution in [2.24, 2.45) is 12.8 Å². The summed E-state index contributed by atoms with van der Waals surface area (Å²) in [6.45, 7) is 3.15. The zero-order chi connectivity index (χ0) is 16.6. The molecule has 2 aromatic heterocycles. The summed E-state index contributed by atoms with van der Waals surface area (Å²) >= 11 is 0. The molecule has 0 bridgehead atoms. The van der Waals surface area contributed by atoms with E-state index in [9.17, 15) is 9.59 Å². The lowest BCUT2D eigenvalue weighted by Gasteiger charge is -2.32. The van der Waals surface area contributed by atoms with Crippen LogP contribution in [0.1, 0.15) is 51.0 Å². The Balaban J connectivity index is 1.76. The summed E-state index contributed by atoms with van der Waals surface area (Å²) in [6, 6.07) is 1.68. The molecule has 0 aliphatic carbocycles. The average molecular weight is 316 g/mol. The molecule has 1 saturated heterocycles. The Morgan fingerprint density at radius 3 is 2.83 bits per heavy atom. The first-order valence-electron chi connectivity index (χ1n) is 7.60. The molecular formula is C15H20N6O2. The van der Waals surface area contributed by atoms with Crippen LogP contribution in [0.2, 0.25) is 0 Å². The van der Waals surface area contributed by atoms with E-state index in [0.29, 0.717) is 12.1 Å². The number of hydrogen-bond donors (Lipinski definition) is 2. The molecule has 1 atom stereocenters. The number of amides is 2. The zero-order valence-electron chi connectivity index (χ0n) is 13.2. The van der Waals surface area contributed by atoms with E-state index in [2.05, 4.69) is 15.3 Å². The third-order valence-corrected chi connectivity index (χ3v) is 4.24. The third kappa shape index (κ3) is 2.96. The van der Waals surface area contributed by atoms with E-state index in [1.165, 1.54) is 0 Å². The van der Waals surface area contributed by atoms with Gasteiger partial charge in [-0.1, -0.05) is 0 Å². The standard InChI is InChI=1S/C15H20N6O2/c1-9-11(8-20(2)19-9)15(23)21-5-3-4-10(7-21)12-6-13(14(16)22)18-17-12/h6,8,10H,3-5,7H2,1-2H3,(H2,16,22)(H,17,18)/t10-/m1/s1. The van der Waals surface area contributed by atoms with Crippen LogP contribution in [0.3, 0.4) is 0 Å². The highest BCUT2D eigenvalue weighted by atomic mass is 16.2. The second-order valence-electron chi connectivity index (χ2n) is 5.96. The molecule has 0 radical (unpaired) electrons. The van der Waals surface area contributed by atoms with Gasteiger partial charge in [0.1, 0.15) is 5.69 Å². The van der Waals surface area contributed by atoms with Gasteiger partial charge in [-0.3, -0.25) is 19.4 Å². The molecular weight excluding hydrogens is 296 g/mol. The Kier molecular flexibility index (Phi) is 3.89. The summed E-state index contributed by atoms with van der Waals surface area (Å²) in [7, 11) is 1.80. The van der Waals surface area contributed by atoms with Gasteiger partial charge in [0.25, 0.3) is 11.8 Å². The topological polar surface area (TPSA) is 110 Å². The maximum absolute atomic E-state index is 12.7. The van der Waals surface area contributed by atoms with Crippen molar-refractivity contribution in [1.82, 2.24) is 24.9 Å². The van der Waals surface area contributed by atoms with Gasteiger partial charge in [0.15, 0.2) is 0 Å². The summed E-state index contributed by atoms with van der Waals surface area (Å²) < 4.78 is 1.65. The molecule has 1 fully saturated rings. The van der Waals surface area contributed by atoms with Gasteiger partial charge in [0.2, 0.25) is 0 Å². The fourth-order valence-electron chi connectivity index (χ4n) is 3.07. The van der Waals surface area contributed by atoms with Crippen LogP contribution in [-0.2, 0) is 7.05 Å². The minimum atomic E-state index is -0.553. The number of aromatic nitrogens is 4. The summed E-state index contributed by atoms with van der Waals surface area (Å²) in [5.74, 6) is -0.428. The number of rotatable bonds is 3. The first-order chi connectivity index (χ1) is 11.0. The molecule has 0 spiro atoms. The van der Waals surface area contributed by atoms with Crippen molar-refractivity contribution in [3.8, 4) is 0 Å². The fourth-order valence-corrected chi connectivity index (χ4v) is 3.07. The number of nitrogens with zero attached hydrogens (tertiary/aromatic N) is 4. The maximum atomic E-state index is 12.7. The molecule has 8 nitrogen and oxygen atoms in total. The van der Waals surface area contributed by atoms with Gasteiger partial charge >= 0.3 is 0 Å². The van der Waals surface area contributed by atoms with Crippen molar-refractivity contribution in [1.29, 1.82) is 0 Å². The Bertz CT molecular complexity index is 747. The number of carbonyl (C=O) groups is 2. The van der Waals surface area contributed by atoms with Crippen LogP contribution in [0, 0.1) is 6.92 Å². The van der Waals surface area contributed by atoms with Crippen molar-refractivity contribution in [2.45, 2.75) is 25.7 Å². The van der Waals surface area contributed by atoms with Gasteiger partial charge in [-0.25, -0.2) is 0 Å². The highest BCUT2D eigenvalue weighted by Crippen LogP contribution is 2.27. The number of aromatic amines is 1. The van der Waals surface area contributed by atoms with E-state index in [1.807, 2.05) is 11.8 Å². The van der Waals surface area contributed by atoms with E-state index in [1.54, 1.807) is 24.0 Å². The average Bonchev–Trinajstić information content (AvgIpc) is 3.13. The number of H-pyrrole nitrogens is 1. The minimum Gasteiger partial charge on any atom is -0.364 e. The van der Waals surface area contributed by atoms with Crippen molar-refractivity contribution < 1.29 is 9.59 Å². The van der Waals surface area contributed by atoms with E-state index >= 15 is 0 Å². The Morgan fingerprint density at radius 2 is 2.22 bits per heavy atom. The van der Waals surface area contributed by atoms with Crippen LogP contribution < -0.4 is 5.73 Å². The van der Waals surface area contributed by atoms with Crippen LogP contribution in [0.5, 0.6) is 0 Å². The molecule has 3 rings (SSSR count). The van der Waals surface area contributed by atoms with Gasteiger partial charge in [-0.2, -0.15) is 10.2 Å². The molecule has 23 heavy (non-hydrogen) atoms. The molecule has 2 amide bonds. The number of aryl methyl sites for hydroxylation is 2. The largest absolute Gasteiger partial charge is 0.364 e. The summed E-state index contributed by atoms with van der Waals surface area (Å²) in [5.41, 5.74) is 7.67. The Morgan fingerprint density at radius 1 is 1.43 bits per heavy atom. The highest BCUT2D eigenvalue weighted by molar-refractivity contribution is 5.95. The van der Waals surface area contributed by atoms with E-state index in [-0.39, 0.29) is 17.5 Å². The van der Waals surface area contributed by atoms with Gasteiger partial charge in [0, 0.05) is 37.9 Å². The van der Waals surface area contributed by atoms with Crippen LogP contribution in [-0.4, -0.2) is 49.8 Å². The minimum absolute atomic E-state index is 0.00469. The molecule has 122 valence electrons. The van der Waals surface area contributed by atoms with Crippen LogP contribution in [0.15, 0.2) is 12.3 Å². The van der Waals surface area contributed by atoms with E-state index in [4.69, 9.17) is 5.73 Å². The quantitative estimate of drug-likeness (QED) is 0.862. The third-order valence-electron chi connectivity index (χ3n) is 4.24. The molecule has 3 N–H and O–H groups in total. The molecule has 1 aliphatic heterocycles. The van der Waals surface area contributed by atoms with Gasteiger partial charge < -0.3 is 10.6 Å². The van der Waals surface area contributed by atoms with E-state index in [0.717, 1.165) is 30.8 Å². The SMILES string of the molecule is Cc1nn(C)cc1C(=O)N1CCC[C@@H](c2cc(C(N)=O)n[nH]2)C1. The van der Waals surface area contributed by atoms with Crippen molar-refractivity contribution in [3.05, 3.63) is 34.9 Å². The molecule has 1 aliphatic rings. The second kappa shape index (κ2) is 5.86. The summed E-state index contributed by atoms with van der Waals surface area (Å²) in [4.78, 5) is 25.7. The smallest absolute Gasteiger partial charge is 0.269 e. The lowest BCUT2D eigenvalue weighted by molar-refractivity contribution is 0.0705.